The molecule has 0 saturated carbocycles. The van der Waals surface area contributed by atoms with Gasteiger partial charge in [0.25, 0.3) is 5.69 Å². The number of carbonyl (C=O) groups excluding carboxylic acids is 1. The minimum Gasteiger partial charge on any atom is -0.479 e. The van der Waals surface area contributed by atoms with E-state index in [1.165, 1.54) is 6.07 Å². The number of aliphatic carboxylic acids is 1. The summed E-state index contributed by atoms with van der Waals surface area (Å²) >= 11 is 0. The van der Waals surface area contributed by atoms with Gasteiger partial charge in [0.15, 0.2) is 5.54 Å². The van der Waals surface area contributed by atoms with Gasteiger partial charge in [0.1, 0.15) is 17.6 Å². The Morgan fingerprint density at radius 1 is 1.46 bits per heavy atom. The molecule has 1 aliphatic heterocycles. The van der Waals surface area contributed by atoms with Crippen molar-refractivity contribution < 1.29 is 24.4 Å². The molecule has 2 rings (SSSR count). The predicted octanol–water partition coefficient (Wildman–Crippen LogP) is 1.86. The molecule has 1 amide bonds. The van der Waals surface area contributed by atoms with Crippen molar-refractivity contribution >= 4 is 23.6 Å². The van der Waals surface area contributed by atoms with Crippen LogP contribution in [0, 0.1) is 17.0 Å². The number of aryl methyl sites for hydroxylation is 1. The molecular weight excluding hydrogens is 344 g/mol. The van der Waals surface area contributed by atoms with Gasteiger partial charge in [-0.15, -0.1) is 0 Å². The minimum absolute atomic E-state index is 0.0220. The van der Waals surface area contributed by atoms with Crippen LogP contribution in [0.4, 0.5) is 16.3 Å². The van der Waals surface area contributed by atoms with E-state index in [4.69, 9.17) is 4.74 Å². The van der Waals surface area contributed by atoms with Crippen LogP contribution in [0.1, 0.15) is 32.8 Å². The predicted molar refractivity (Wildman–Crippen MR) is 92.2 cm³/mol. The molecule has 1 aromatic heterocycles. The standard InChI is InChI=1S/C16H22N4O6/c1-10-7-12(17-8-11(10)20(24)25)19-6-5-16(9-19,13(21)22)18-14(23)26-15(2,3)4/h7-8H,5-6,9H2,1-4H3,(H,18,23)(H,21,22). The van der Waals surface area contributed by atoms with Crippen LogP contribution in [0.3, 0.4) is 0 Å². The summed E-state index contributed by atoms with van der Waals surface area (Å²) in [6.45, 7) is 6.95. The minimum atomic E-state index is -1.51. The van der Waals surface area contributed by atoms with E-state index in [2.05, 4.69) is 10.3 Å². The zero-order chi connectivity index (χ0) is 19.7. The van der Waals surface area contributed by atoms with E-state index in [0.717, 1.165) is 6.20 Å². The van der Waals surface area contributed by atoms with Crippen LogP contribution >= 0.6 is 0 Å². The lowest BCUT2D eigenvalue weighted by molar-refractivity contribution is -0.385. The molecule has 2 heterocycles. The zero-order valence-electron chi connectivity index (χ0n) is 15.1. The molecular formula is C16H22N4O6. The average Bonchev–Trinajstić information content (AvgIpc) is 2.90. The van der Waals surface area contributed by atoms with E-state index >= 15 is 0 Å². The van der Waals surface area contributed by atoms with Gasteiger partial charge in [0.2, 0.25) is 0 Å². The van der Waals surface area contributed by atoms with Crippen molar-refractivity contribution in [3.63, 3.8) is 0 Å². The number of aromatic nitrogens is 1. The summed E-state index contributed by atoms with van der Waals surface area (Å²) < 4.78 is 5.15. The van der Waals surface area contributed by atoms with Crippen molar-refractivity contribution in [2.24, 2.45) is 0 Å². The molecule has 1 atom stereocenters. The third-order valence-corrected chi connectivity index (χ3v) is 4.01. The Hall–Kier alpha value is -2.91. The average molecular weight is 366 g/mol. The number of nitro groups is 1. The van der Waals surface area contributed by atoms with Crippen LogP contribution in [0.2, 0.25) is 0 Å². The summed E-state index contributed by atoms with van der Waals surface area (Å²) in [5, 5.41) is 23.0. The van der Waals surface area contributed by atoms with E-state index in [1.54, 1.807) is 32.6 Å². The van der Waals surface area contributed by atoms with Crippen LogP contribution < -0.4 is 10.2 Å². The molecule has 1 fully saturated rings. The number of nitrogens with zero attached hydrogens (tertiary/aromatic N) is 3. The monoisotopic (exact) mass is 366 g/mol. The molecule has 0 aromatic carbocycles. The highest BCUT2D eigenvalue weighted by molar-refractivity contribution is 5.86. The largest absolute Gasteiger partial charge is 0.479 e. The number of ether oxygens (including phenoxy) is 1. The highest BCUT2D eigenvalue weighted by Crippen LogP contribution is 2.29. The van der Waals surface area contributed by atoms with Crippen molar-refractivity contribution in [2.75, 3.05) is 18.0 Å². The topological polar surface area (TPSA) is 135 Å². The first-order chi connectivity index (χ1) is 11.9. The Labute approximate surface area is 150 Å². The molecule has 1 unspecified atom stereocenters. The number of amides is 1. The molecule has 1 aliphatic rings. The Balaban J connectivity index is 2.19. The van der Waals surface area contributed by atoms with E-state index in [0.29, 0.717) is 17.9 Å². The third kappa shape index (κ3) is 4.19. The third-order valence-electron chi connectivity index (χ3n) is 4.01. The molecule has 1 aromatic rings. The second-order valence-electron chi connectivity index (χ2n) is 7.27. The number of hydrogen-bond donors (Lipinski definition) is 2. The van der Waals surface area contributed by atoms with Crippen LogP contribution in [0.5, 0.6) is 0 Å². The lowest BCUT2D eigenvalue weighted by Crippen LogP contribution is -2.57. The van der Waals surface area contributed by atoms with E-state index in [1.807, 2.05) is 0 Å². The smallest absolute Gasteiger partial charge is 0.408 e. The second-order valence-corrected chi connectivity index (χ2v) is 7.27. The molecule has 142 valence electrons. The van der Waals surface area contributed by atoms with Crippen molar-refractivity contribution in [2.45, 2.75) is 45.3 Å². The van der Waals surface area contributed by atoms with Gasteiger partial charge in [-0.1, -0.05) is 0 Å². The normalized spacial score (nSPS) is 19.9. The highest BCUT2D eigenvalue weighted by Gasteiger charge is 2.47. The number of alkyl carbamates (subject to hydrolysis) is 1. The number of pyridine rings is 1. The fraction of sp³-hybridized carbons (Fsp3) is 0.562. The van der Waals surface area contributed by atoms with E-state index < -0.39 is 28.1 Å². The maximum Gasteiger partial charge on any atom is 0.408 e. The molecule has 0 radical (unpaired) electrons. The molecule has 10 heteroatoms. The van der Waals surface area contributed by atoms with Gasteiger partial charge in [-0.3, -0.25) is 10.1 Å². The summed E-state index contributed by atoms with van der Waals surface area (Å²) in [6, 6.07) is 1.53. The number of nitrogens with one attached hydrogen (secondary N) is 1. The number of hydrogen-bond acceptors (Lipinski definition) is 7. The fourth-order valence-electron chi connectivity index (χ4n) is 2.73. The molecule has 0 bridgehead atoms. The van der Waals surface area contributed by atoms with Gasteiger partial charge in [0, 0.05) is 18.5 Å². The number of carboxylic acid groups (broad SMARTS) is 1. The van der Waals surface area contributed by atoms with Gasteiger partial charge in [-0.2, -0.15) is 0 Å². The van der Waals surface area contributed by atoms with Gasteiger partial charge in [-0.05, 0) is 33.8 Å². The molecule has 2 N–H and O–H groups in total. The lowest BCUT2D eigenvalue weighted by atomic mass is 9.99. The summed E-state index contributed by atoms with van der Waals surface area (Å²) in [4.78, 5) is 39.9. The van der Waals surface area contributed by atoms with Crippen molar-refractivity contribution in [1.82, 2.24) is 10.3 Å². The lowest BCUT2D eigenvalue weighted by Gasteiger charge is -2.28. The first kappa shape index (κ1) is 19.4. The number of carboxylic acids is 1. The summed E-state index contributed by atoms with van der Waals surface area (Å²) in [6.07, 6.45) is 0.487. The maximum atomic E-state index is 12.0. The van der Waals surface area contributed by atoms with Crippen molar-refractivity contribution in [3.05, 3.63) is 27.9 Å². The SMILES string of the molecule is Cc1cc(N2CCC(NC(=O)OC(C)(C)C)(C(=O)O)C2)ncc1[N+](=O)[O-]. The van der Waals surface area contributed by atoms with Crippen LogP contribution in [0.25, 0.3) is 0 Å². The van der Waals surface area contributed by atoms with Gasteiger partial charge >= 0.3 is 12.1 Å². The van der Waals surface area contributed by atoms with E-state index in [-0.39, 0.29) is 18.7 Å². The molecule has 1 saturated heterocycles. The summed E-state index contributed by atoms with van der Waals surface area (Å²) in [5.41, 5.74) is -1.95. The highest BCUT2D eigenvalue weighted by atomic mass is 16.6. The number of anilines is 1. The summed E-state index contributed by atoms with van der Waals surface area (Å²) in [7, 11) is 0. The first-order valence-corrected chi connectivity index (χ1v) is 8.04. The number of carbonyl (C=O) groups is 2. The quantitative estimate of drug-likeness (QED) is 0.609. The Morgan fingerprint density at radius 3 is 2.62 bits per heavy atom. The molecule has 10 nitrogen and oxygen atoms in total. The molecule has 0 spiro atoms. The zero-order valence-corrected chi connectivity index (χ0v) is 15.1. The van der Waals surface area contributed by atoms with Crippen molar-refractivity contribution in [3.8, 4) is 0 Å². The van der Waals surface area contributed by atoms with Gasteiger partial charge in [0.05, 0.1) is 11.5 Å². The van der Waals surface area contributed by atoms with Crippen LogP contribution in [-0.2, 0) is 9.53 Å². The second kappa shape index (κ2) is 6.77. The number of rotatable bonds is 4. The maximum absolute atomic E-state index is 12.0. The first-order valence-electron chi connectivity index (χ1n) is 8.04. The Morgan fingerprint density at radius 2 is 2.12 bits per heavy atom. The van der Waals surface area contributed by atoms with Gasteiger partial charge < -0.3 is 20.1 Å². The van der Waals surface area contributed by atoms with Crippen molar-refractivity contribution in [1.29, 1.82) is 0 Å². The molecule has 0 aliphatic carbocycles. The molecule has 26 heavy (non-hydrogen) atoms. The fourth-order valence-corrected chi connectivity index (χ4v) is 2.73. The van der Waals surface area contributed by atoms with Crippen LogP contribution in [-0.4, -0.2) is 51.3 Å². The Bertz CT molecular complexity index is 745. The summed E-state index contributed by atoms with van der Waals surface area (Å²) in [5.74, 6) is -0.758. The van der Waals surface area contributed by atoms with E-state index in [9.17, 15) is 24.8 Å². The Kier molecular flexibility index (Phi) is 5.06. The van der Waals surface area contributed by atoms with Gasteiger partial charge in [-0.25, -0.2) is 14.6 Å². The van der Waals surface area contributed by atoms with Crippen LogP contribution in [0.15, 0.2) is 12.3 Å².